The Labute approximate surface area is 147 Å². The number of thiophene rings is 1. The van der Waals surface area contributed by atoms with E-state index in [2.05, 4.69) is 51.6 Å². The van der Waals surface area contributed by atoms with E-state index in [1.807, 2.05) is 25.1 Å². The van der Waals surface area contributed by atoms with Crippen LogP contribution in [0.3, 0.4) is 0 Å². The third kappa shape index (κ3) is 3.79. The Morgan fingerprint density at radius 1 is 1.33 bits per heavy atom. The fraction of sp³-hybridized carbons (Fsp3) is 0.316. The van der Waals surface area contributed by atoms with Gasteiger partial charge in [0.15, 0.2) is 0 Å². The summed E-state index contributed by atoms with van der Waals surface area (Å²) in [6.45, 7) is 4.86. The van der Waals surface area contributed by atoms with Crippen LogP contribution in [0.15, 0.2) is 46.7 Å². The van der Waals surface area contributed by atoms with Gasteiger partial charge in [-0.15, -0.1) is 0 Å². The van der Waals surface area contributed by atoms with E-state index in [1.165, 1.54) is 0 Å². The third-order valence-corrected chi connectivity index (χ3v) is 4.91. The number of fused-ring (bicyclic) bond motifs is 1. The van der Waals surface area contributed by atoms with Gasteiger partial charge in [-0.05, 0) is 43.4 Å². The maximum atomic E-state index is 12.5. The first kappa shape index (κ1) is 16.6. The Morgan fingerprint density at radius 3 is 2.92 bits per heavy atom. The Hall–Kier alpha value is -2.27. The van der Waals surface area contributed by atoms with Crippen LogP contribution in [0, 0.1) is 0 Å². The molecule has 1 aliphatic heterocycles. The predicted molar refractivity (Wildman–Crippen MR) is 102 cm³/mol. The van der Waals surface area contributed by atoms with E-state index in [1.54, 1.807) is 11.3 Å². The number of benzene rings is 1. The molecule has 2 N–H and O–H groups in total. The van der Waals surface area contributed by atoms with Gasteiger partial charge in [0.2, 0.25) is 5.91 Å². The molecule has 1 amide bonds. The van der Waals surface area contributed by atoms with Gasteiger partial charge in [-0.3, -0.25) is 15.2 Å². The Morgan fingerprint density at radius 2 is 2.17 bits per heavy atom. The lowest BCUT2D eigenvalue weighted by Gasteiger charge is -2.26. The smallest absolute Gasteiger partial charge is 0.247 e. The molecule has 0 aliphatic carbocycles. The quantitative estimate of drug-likeness (QED) is 0.853. The molecule has 0 spiro atoms. The van der Waals surface area contributed by atoms with Crippen LogP contribution in [-0.2, 0) is 4.79 Å². The molecule has 24 heavy (non-hydrogen) atoms. The van der Waals surface area contributed by atoms with Gasteiger partial charge in [0.25, 0.3) is 0 Å². The van der Waals surface area contributed by atoms with Gasteiger partial charge < -0.3 is 5.32 Å². The summed E-state index contributed by atoms with van der Waals surface area (Å²) in [4.78, 5) is 12.5. The molecule has 1 unspecified atom stereocenters. The monoisotopic (exact) mass is 341 g/mol. The maximum absolute atomic E-state index is 12.5. The number of hydrogen-bond donors (Lipinski definition) is 2. The summed E-state index contributed by atoms with van der Waals surface area (Å²) in [5.74, 6) is 0.0385. The molecule has 1 aromatic carbocycles. The molecule has 0 radical (unpaired) electrons. The highest BCUT2D eigenvalue weighted by atomic mass is 32.1. The van der Waals surface area contributed by atoms with Gasteiger partial charge in [0.1, 0.15) is 0 Å². The predicted octanol–water partition coefficient (Wildman–Crippen LogP) is 4.28. The van der Waals surface area contributed by atoms with Crippen molar-refractivity contribution in [2.24, 2.45) is 0 Å². The highest BCUT2D eigenvalue weighted by molar-refractivity contribution is 7.08. The molecule has 2 aromatic rings. The van der Waals surface area contributed by atoms with E-state index in [0.717, 1.165) is 35.5 Å². The molecular weight excluding hydrogens is 318 g/mol. The van der Waals surface area contributed by atoms with Crippen molar-refractivity contribution in [1.82, 2.24) is 5.32 Å². The van der Waals surface area contributed by atoms with Crippen molar-refractivity contribution in [3.05, 3.63) is 52.2 Å². The minimum absolute atomic E-state index is 0.0385. The first-order valence-corrected chi connectivity index (χ1v) is 9.28. The highest BCUT2D eigenvalue weighted by Gasteiger charge is 2.20. The zero-order valence-electron chi connectivity index (χ0n) is 14.1. The Bertz CT molecular complexity index is 724. The first-order chi connectivity index (χ1) is 11.7. The summed E-state index contributed by atoms with van der Waals surface area (Å²) < 4.78 is 0. The summed E-state index contributed by atoms with van der Waals surface area (Å²) in [6.07, 6.45) is 3.65. The number of para-hydroxylation sites is 1. The summed E-state index contributed by atoms with van der Waals surface area (Å²) in [5.41, 5.74) is 7.50. The first-order valence-electron chi connectivity index (χ1n) is 8.34. The zero-order valence-corrected chi connectivity index (χ0v) is 14.9. The molecule has 5 heteroatoms. The Balaban J connectivity index is 1.84. The number of hydrogen-bond acceptors (Lipinski definition) is 4. The fourth-order valence-corrected chi connectivity index (χ4v) is 3.25. The number of nitrogens with zero attached hydrogens (tertiary/aromatic N) is 1. The largest absolute Gasteiger partial charge is 0.350 e. The van der Waals surface area contributed by atoms with Crippen LogP contribution in [-0.4, -0.2) is 18.5 Å². The van der Waals surface area contributed by atoms with E-state index in [0.29, 0.717) is 6.42 Å². The molecule has 0 bridgehead atoms. The van der Waals surface area contributed by atoms with Gasteiger partial charge >= 0.3 is 0 Å². The number of carbonyl (C=O) groups excluding carboxylic acids is 1. The molecule has 0 fully saturated rings. The molecular formula is C19H23N3OS. The molecule has 126 valence electrons. The lowest BCUT2D eigenvalue weighted by atomic mass is 10.1. The van der Waals surface area contributed by atoms with Crippen molar-refractivity contribution in [1.29, 1.82) is 0 Å². The SMILES string of the molecule is CCC(C)NC(=O)C1=Cc2ccccc2N(Nc2ccsc2)CC1. The summed E-state index contributed by atoms with van der Waals surface area (Å²) in [5, 5.41) is 9.33. The van der Waals surface area contributed by atoms with Crippen molar-refractivity contribution in [2.75, 3.05) is 17.0 Å². The second-order valence-corrected chi connectivity index (χ2v) is 6.82. The molecule has 4 nitrogen and oxygen atoms in total. The van der Waals surface area contributed by atoms with Crippen molar-refractivity contribution in [2.45, 2.75) is 32.7 Å². The van der Waals surface area contributed by atoms with Crippen LogP contribution in [0.5, 0.6) is 0 Å². The third-order valence-electron chi connectivity index (χ3n) is 4.23. The lowest BCUT2D eigenvalue weighted by Crippen LogP contribution is -2.34. The van der Waals surface area contributed by atoms with E-state index in [4.69, 9.17) is 0 Å². The number of rotatable bonds is 5. The highest BCUT2D eigenvalue weighted by Crippen LogP contribution is 2.28. The van der Waals surface area contributed by atoms with Crippen molar-refractivity contribution in [3.63, 3.8) is 0 Å². The van der Waals surface area contributed by atoms with Crippen LogP contribution in [0.4, 0.5) is 11.4 Å². The van der Waals surface area contributed by atoms with Crippen LogP contribution in [0.1, 0.15) is 32.3 Å². The molecule has 1 atom stereocenters. The van der Waals surface area contributed by atoms with Crippen molar-refractivity contribution < 1.29 is 4.79 Å². The van der Waals surface area contributed by atoms with Crippen molar-refractivity contribution in [3.8, 4) is 0 Å². The number of hydrazine groups is 1. The molecule has 1 aromatic heterocycles. The summed E-state index contributed by atoms with van der Waals surface area (Å²) >= 11 is 1.66. The molecule has 0 saturated carbocycles. The van der Waals surface area contributed by atoms with Crippen LogP contribution < -0.4 is 15.8 Å². The normalized spacial score (nSPS) is 15.1. The lowest BCUT2D eigenvalue weighted by molar-refractivity contribution is -0.118. The van der Waals surface area contributed by atoms with Gasteiger partial charge in [-0.1, -0.05) is 25.1 Å². The average molecular weight is 341 g/mol. The van der Waals surface area contributed by atoms with Gasteiger partial charge in [0, 0.05) is 29.1 Å². The summed E-state index contributed by atoms with van der Waals surface area (Å²) in [6, 6.07) is 10.4. The maximum Gasteiger partial charge on any atom is 0.247 e. The fourth-order valence-electron chi connectivity index (χ4n) is 2.67. The minimum Gasteiger partial charge on any atom is -0.350 e. The Kier molecular flexibility index (Phi) is 5.20. The second kappa shape index (κ2) is 7.53. The molecule has 3 rings (SSSR count). The number of nitrogens with one attached hydrogen (secondary N) is 2. The molecule has 1 aliphatic rings. The van der Waals surface area contributed by atoms with Gasteiger partial charge in [0.05, 0.1) is 11.4 Å². The zero-order chi connectivity index (χ0) is 16.9. The topological polar surface area (TPSA) is 44.4 Å². The van der Waals surface area contributed by atoms with Crippen LogP contribution >= 0.6 is 11.3 Å². The second-order valence-electron chi connectivity index (χ2n) is 6.04. The number of anilines is 2. The van der Waals surface area contributed by atoms with E-state index in [-0.39, 0.29) is 11.9 Å². The molecule has 2 heterocycles. The van der Waals surface area contributed by atoms with Gasteiger partial charge in [-0.25, -0.2) is 0 Å². The van der Waals surface area contributed by atoms with Gasteiger partial charge in [-0.2, -0.15) is 11.3 Å². The van der Waals surface area contributed by atoms with Crippen LogP contribution in [0.25, 0.3) is 6.08 Å². The van der Waals surface area contributed by atoms with Crippen LogP contribution in [0.2, 0.25) is 0 Å². The van der Waals surface area contributed by atoms with E-state index in [9.17, 15) is 4.79 Å². The minimum atomic E-state index is 0.0385. The summed E-state index contributed by atoms with van der Waals surface area (Å²) in [7, 11) is 0. The number of amides is 1. The molecule has 0 saturated heterocycles. The van der Waals surface area contributed by atoms with E-state index < -0.39 is 0 Å². The number of carbonyl (C=O) groups is 1. The average Bonchev–Trinajstić information content (AvgIpc) is 3.03. The van der Waals surface area contributed by atoms with Crippen molar-refractivity contribution >= 4 is 34.7 Å². The van der Waals surface area contributed by atoms with E-state index >= 15 is 0 Å². The standard InChI is InChI=1S/C19H23N3OS/c1-3-14(2)20-19(23)16-8-10-22(21-17-9-11-24-13-17)18-7-5-4-6-15(18)12-16/h4-7,9,11-14,21H,3,8,10H2,1-2H3,(H,20,23).